The lowest BCUT2D eigenvalue weighted by atomic mass is 9.95. The molecule has 1 fully saturated rings. The third-order valence-electron chi connectivity index (χ3n) is 7.65. The van der Waals surface area contributed by atoms with Gasteiger partial charge in [0.1, 0.15) is 34.4 Å². The number of aryl methyl sites for hydroxylation is 1. The lowest BCUT2D eigenvalue weighted by molar-refractivity contribution is -0.149. The van der Waals surface area contributed by atoms with Crippen LogP contribution in [0.15, 0.2) is 42.5 Å². The van der Waals surface area contributed by atoms with Gasteiger partial charge in [0.25, 0.3) is 5.91 Å². The molecule has 1 aliphatic carbocycles. The molecule has 2 aromatic carbocycles. The van der Waals surface area contributed by atoms with E-state index in [9.17, 15) is 35.5 Å². The lowest BCUT2D eigenvalue weighted by Gasteiger charge is -2.22. The van der Waals surface area contributed by atoms with Gasteiger partial charge in [-0.3, -0.25) is 4.79 Å². The molecule has 0 saturated heterocycles. The first-order chi connectivity index (χ1) is 22.2. The summed E-state index contributed by atoms with van der Waals surface area (Å²) < 4.78 is 109. The summed E-state index contributed by atoms with van der Waals surface area (Å²) in [4.78, 5) is 17.3. The Labute approximate surface area is 263 Å². The third-order valence-corrected chi connectivity index (χ3v) is 7.65. The number of ether oxygens (including phenoxy) is 2. The van der Waals surface area contributed by atoms with E-state index in [-0.39, 0.29) is 41.0 Å². The molecule has 1 amide bonds. The summed E-state index contributed by atoms with van der Waals surface area (Å²) in [6.07, 6.45) is -8.38. The monoisotopic (exact) mass is 666 g/mol. The Bertz CT molecular complexity index is 1810. The molecule has 2 atom stereocenters. The van der Waals surface area contributed by atoms with Crippen LogP contribution in [0.2, 0.25) is 0 Å². The van der Waals surface area contributed by atoms with Crippen molar-refractivity contribution in [2.45, 2.75) is 57.0 Å². The minimum absolute atomic E-state index is 0.0219. The second kappa shape index (κ2) is 12.9. The standard InChI is InChI=1S/C31H25F7N4O3.CH4O/c1-14-13-44-28-20(14)11-24(40-27(28)16-3-6-23(32)21(9-16)30(33,34)35)22(31(36,37)38)12-39-29(43)18-8-17-7-15(2)41-42-26(17)25(10-18)45-19-4-5-19;1-2/h3,6-11,14,19,22H,4-5,12-13H2,1-2H3,(H,39,43);2H,1H3. The summed E-state index contributed by atoms with van der Waals surface area (Å²) in [5.74, 6) is -4.78. The van der Waals surface area contributed by atoms with E-state index in [1.807, 2.05) is 0 Å². The number of aliphatic hydroxyl groups excluding tert-OH is 1. The maximum atomic E-state index is 14.5. The first kappa shape index (κ1) is 33.8. The van der Waals surface area contributed by atoms with E-state index in [0.717, 1.165) is 26.0 Å². The SMILES string of the molecule is CO.Cc1cc2cc(C(=O)NCC(c3cc4c(c(-c5ccc(F)c(C(F)(F)F)c5)n3)OCC4C)C(F)(F)F)cc(OC3CC3)c2nn1. The summed E-state index contributed by atoms with van der Waals surface area (Å²) in [5, 5.41) is 18.0. The molecule has 47 heavy (non-hydrogen) atoms. The Morgan fingerprint density at radius 1 is 1.06 bits per heavy atom. The smallest absolute Gasteiger partial charge is 0.419 e. The molecule has 250 valence electrons. The zero-order valence-corrected chi connectivity index (χ0v) is 25.3. The second-order valence-electron chi connectivity index (χ2n) is 11.2. The van der Waals surface area contributed by atoms with Crippen molar-refractivity contribution in [2.75, 3.05) is 20.3 Å². The van der Waals surface area contributed by atoms with Crippen LogP contribution in [-0.4, -0.2) is 58.7 Å². The molecule has 2 N–H and O–H groups in total. The molecule has 4 aromatic rings. The summed E-state index contributed by atoms with van der Waals surface area (Å²) in [6, 6.07) is 7.82. The highest BCUT2D eigenvalue weighted by Crippen LogP contribution is 2.45. The number of nitrogens with zero attached hydrogens (tertiary/aromatic N) is 3. The summed E-state index contributed by atoms with van der Waals surface area (Å²) in [6.45, 7) is 2.52. The van der Waals surface area contributed by atoms with Gasteiger partial charge in [0, 0.05) is 41.6 Å². The fraction of sp³-hybridized carbons (Fsp3) is 0.375. The minimum atomic E-state index is -5.05. The molecule has 0 bridgehead atoms. The third kappa shape index (κ3) is 7.24. The molecule has 6 rings (SSSR count). The number of aromatic nitrogens is 3. The average Bonchev–Trinajstić information content (AvgIpc) is 3.75. The van der Waals surface area contributed by atoms with Gasteiger partial charge in [-0.05, 0) is 62.2 Å². The maximum Gasteiger partial charge on any atom is 0.419 e. The number of rotatable bonds is 7. The number of amides is 1. The van der Waals surface area contributed by atoms with E-state index in [4.69, 9.17) is 14.6 Å². The van der Waals surface area contributed by atoms with E-state index in [0.29, 0.717) is 34.3 Å². The molecule has 2 aromatic heterocycles. The van der Waals surface area contributed by atoms with Crippen LogP contribution in [-0.2, 0) is 6.18 Å². The van der Waals surface area contributed by atoms with E-state index in [2.05, 4.69) is 20.5 Å². The van der Waals surface area contributed by atoms with Crippen molar-refractivity contribution in [2.24, 2.45) is 0 Å². The first-order valence-corrected chi connectivity index (χ1v) is 14.5. The lowest BCUT2D eigenvalue weighted by Crippen LogP contribution is -2.35. The molecule has 1 saturated carbocycles. The van der Waals surface area contributed by atoms with Gasteiger partial charge in [-0.2, -0.15) is 31.4 Å². The number of nitrogens with one attached hydrogen (secondary N) is 1. The first-order valence-electron chi connectivity index (χ1n) is 14.5. The largest absolute Gasteiger partial charge is 0.490 e. The van der Waals surface area contributed by atoms with Crippen molar-refractivity contribution in [1.82, 2.24) is 20.5 Å². The molecule has 8 nitrogen and oxygen atoms in total. The number of hydrogen-bond donors (Lipinski definition) is 2. The average molecular weight is 667 g/mol. The van der Waals surface area contributed by atoms with Gasteiger partial charge >= 0.3 is 12.4 Å². The Morgan fingerprint density at radius 3 is 2.45 bits per heavy atom. The van der Waals surface area contributed by atoms with Gasteiger partial charge < -0.3 is 19.9 Å². The highest BCUT2D eigenvalue weighted by Gasteiger charge is 2.43. The normalized spacial score (nSPS) is 16.5. The van der Waals surface area contributed by atoms with Gasteiger partial charge in [0.15, 0.2) is 0 Å². The molecule has 0 radical (unpaired) electrons. The molecule has 15 heteroatoms. The summed E-state index contributed by atoms with van der Waals surface area (Å²) in [7, 11) is 1.00. The van der Waals surface area contributed by atoms with Crippen molar-refractivity contribution in [3.63, 3.8) is 0 Å². The van der Waals surface area contributed by atoms with Gasteiger partial charge in [0.2, 0.25) is 0 Å². The zero-order chi connectivity index (χ0) is 34.3. The molecule has 2 unspecified atom stereocenters. The van der Waals surface area contributed by atoms with Gasteiger partial charge in [-0.1, -0.05) is 6.92 Å². The van der Waals surface area contributed by atoms with Crippen LogP contribution in [0.4, 0.5) is 30.7 Å². The number of alkyl halides is 6. The predicted octanol–water partition coefficient (Wildman–Crippen LogP) is 6.88. The van der Waals surface area contributed by atoms with E-state index >= 15 is 0 Å². The molecule has 0 spiro atoms. The Kier molecular flexibility index (Phi) is 9.31. The van der Waals surface area contributed by atoms with Crippen LogP contribution in [0.25, 0.3) is 22.2 Å². The Balaban J connectivity index is 0.00000213. The number of aliphatic hydroxyl groups is 1. The number of pyridine rings is 1. The van der Waals surface area contributed by atoms with Crippen LogP contribution in [0.5, 0.6) is 11.5 Å². The number of benzene rings is 2. The van der Waals surface area contributed by atoms with Crippen LogP contribution >= 0.6 is 0 Å². The van der Waals surface area contributed by atoms with Crippen molar-refractivity contribution >= 4 is 16.8 Å². The van der Waals surface area contributed by atoms with Crippen molar-refractivity contribution in [3.05, 3.63) is 76.4 Å². The minimum Gasteiger partial charge on any atom is -0.490 e. The number of hydrogen-bond acceptors (Lipinski definition) is 7. The van der Waals surface area contributed by atoms with Gasteiger partial charge in [-0.25, -0.2) is 9.37 Å². The number of carbonyl (C=O) groups excluding carboxylic acids is 1. The summed E-state index contributed by atoms with van der Waals surface area (Å²) in [5.41, 5.74) is -1.34. The Morgan fingerprint density at radius 2 is 1.79 bits per heavy atom. The predicted molar refractivity (Wildman–Crippen MR) is 156 cm³/mol. The summed E-state index contributed by atoms with van der Waals surface area (Å²) >= 11 is 0. The van der Waals surface area contributed by atoms with Crippen molar-refractivity contribution in [3.8, 4) is 22.8 Å². The molecule has 3 heterocycles. The quantitative estimate of drug-likeness (QED) is 0.207. The molecule has 1 aliphatic heterocycles. The molecular weight excluding hydrogens is 637 g/mol. The van der Waals surface area contributed by atoms with Crippen molar-refractivity contribution < 1.29 is 50.1 Å². The topological polar surface area (TPSA) is 106 Å². The number of fused-ring (bicyclic) bond motifs is 2. The highest BCUT2D eigenvalue weighted by atomic mass is 19.4. The van der Waals surface area contributed by atoms with Crippen LogP contribution < -0.4 is 14.8 Å². The van der Waals surface area contributed by atoms with E-state index in [1.54, 1.807) is 19.9 Å². The van der Waals surface area contributed by atoms with Crippen LogP contribution in [0.1, 0.15) is 64.5 Å². The van der Waals surface area contributed by atoms with Crippen molar-refractivity contribution in [1.29, 1.82) is 0 Å². The number of halogens is 7. The zero-order valence-electron chi connectivity index (χ0n) is 25.3. The number of carbonyl (C=O) groups is 1. The van der Waals surface area contributed by atoms with Gasteiger partial charge in [0.05, 0.1) is 29.7 Å². The highest BCUT2D eigenvalue weighted by molar-refractivity contribution is 5.99. The van der Waals surface area contributed by atoms with E-state index in [1.165, 1.54) is 18.2 Å². The fourth-order valence-electron chi connectivity index (χ4n) is 5.15. The van der Waals surface area contributed by atoms with Crippen LogP contribution in [0, 0.1) is 12.7 Å². The van der Waals surface area contributed by atoms with E-state index < -0.39 is 53.7 Å². The van der Waals surface area contributed by atoms with Gasteiger partial charge in [-0.15, -0.1) is 5.10 Å². The second-order valence-corrected chi connectivity index (χ2v) is 11.2. The van der Waals surface area contributed by atoms with Crippen LogP contribution in [0.3, 0.4) is 0 Å². The maximum absolute atomic E-state index is 14.5. The Hall–Kier alpha value is -4.53. The molecule has 2 aliphatic rings. The fourth-order valence-corrected chi connectivity index (χ4v) is 5.15. The molecular formula is C32H29F7N4O4.